The summed E-state index contributed by atoms with van der Waals surface area (Å²) in [7, 11) is 0. The molecular weight excluding hydrogens is 208 g/mol. The third kappa shape index (κ3) is 4.61. The highest BCUT2D eigenvalue weighted by molar-refractivity contribution is 5.82. The zero-order valence-electron chi connectivity index (χ0n) is 9.82. The van der Waals surface area contributed by atoms with E-state index in [2.05, 4.69) is 10.6 Å². The van der Waals surface area contributed by atoms with E-state index >= 15 is 0 Å². The molecule has 0 aromatic heterocycles. The van der Waals surface area contributed by atoms with Crippen LogP contribution in [0.3, 0.4) is 0 Å². The maximum absolute atomic E-state index is 11.4. The van der Waals surface area contributed by atoms with Gasteiger partial charge in [0.05, 0.1) is 6.10 Å². The molecule has 0 heterocycles. The van der Waals surface area contributed by atoms with Crippen molar-refractivity contribution in [2.45, 2.75) is 32.8 Å². The Bertz CT molecular complexity index is 266. The molecule has 0 spiro atoms. The van der Waals surface area contributed by atoms with Crippen molar-refractivity contribution < 1.29 is 14.7 Å². The summed E-state index contributed by atoms with van der Waals surface area (Å²) in [5.74, 6) is 0.547. The van der Waals surface area contributed by atoms with Crippen LogP contribution < -0.4 is 10.6 Å². The van der Waals surface area contributed by atoms with Crippen molar-refractivity contribution in [2.24, 2.45) is 11.8 Å². The van der Waals surface area contributed by atoms with Gasteiger partial charge in [-0.1, -0.05) is 6.92 Å². The van der Waals surface area contributed by atoms with E-state index in [-0.39, 0.29) is 30.7 Å². The van der Waals surface area contributed by atoms with Gasteiger partial charge in [0.15, 0.2) is 0 Å². The van der Waals surface area contributed by atoms with Gasteiger partial charge < -0.3 is 15.7 Å². The van der Waals surface area contributed by atoms with Crippen LogP contribution in [0, 0.1) is 11.8 Å². The second-order valence-electron chi connectivity index (χ2n) is 4.51. The summed E-state index contributed by atoms with van der Waals surface area (Å²) < 4.78 is 0. The number of amides is 2. The van der Waals surface area contributed by atoms with Gasteiger partial charge in [-0.3, -0.25) is 9.59 Å². The average molecular weight is 228 g/mol. The monoisotopic (exact) mass is 228 g/mol. The zero-order chi connectivity index (χ0) is 12.1. The fourth-order valence-electron chi connectivity index (χ4n) is 1.47. The summed E-state index contributed by atoms with van der Waals surface area (Å²) >= 11 is 0. The van der Waals surface area contributed by atoms with E-state index in [1.807, 2.05) is 6.92 Å². The van der Waals surface area contributed by atoms with E-state index in [9.17, 15) is 9.59 Å². The molecule has 0 aromatic rings. The van der Waals surface area contributed by atoms with E-state index < -0.39 is 6.10 Å². The number of nitrogens with one attached hydrogen (secondary N) is 2. The van der Waals surface area contributed by atoms with Crippen LogP contribution >= 0.6 is 0 Å². The lowest BCUT2D eigenvalue weighted by molar-refractivity contribution is -0.123. The highest BCUT2D eigenvalue weighted by Crippen LogP contribution is 2.37. The van der Waals surface area contributed by atoms with Crippen molar-refractivity contribution in [3.05, 3.63) is 0 Å². The van der Waals surface area contributed by atoms with Crippen molar-refractivity contribution in [1.29, 1.82) is 0 Å². The molecule has 0 bridgehead atoms. The highest BCUT2D eigenvalue weighted by Gasteiger charge is 2.38. The molecule has 16 heavy (non-hydrogen) atoms. The van der Waals surface area contributed by atoms with Crippen molar-refractivity contribution >= 4 is 11.8 Å². The summed E-state index contributed by atoms with van der Waals surface area (Å²) in [5.41, 5.74) is 0. The molecular formula is C11H20N2O3. The van der Waals surface area contributed by atoms with Crippen LogP contribution in [0.2, 0.25) is 0 Å². The Balaban J connectivity index is 2.02. The molecule has 3 N–H and O–H groups in total. The quantitative estimate of drug-likeness (QED) is 0.581. The fraction of sp³-hybridized carbons (Fsp3) is 0.818. The van der Waals surface area contributed by atoms with Gasteiger partial charge in [-0.15, -0.1) is 0 Å². The molecule has 1 aliphatic carbocycles. The first kappa shape index (κ1) is 13.0. The SMILES string of the molecule is CC1CC1C(=O)NCCC(=O)NC[C@H](C)O. The van der Waals surface area contributed by atoms with Gasteiger partial charge in [0.2, 0.25) is 11.8 Å². The molecule has 0 radical (unpaired) electrons. The maximum atomic E-state index is 11.4. The van der Waals surface area contributed by atoms with Crippen molar-refractivity contribution in [2.75, 3.05) is 13.1 Å². The number of carbonyl (C=O) groups excluding carboxylic acids is 2. The minimum absolute atomic E-state index is 0.0517. The standard InChI is InChI=1S/C11H20N2O3/c1-7-5-9(7)11(16)12-4-3-10(15)13-6-8(2)14/h7-9,14H,3-6H2,1-2H3,(H,12,16)(H,13,15)/t7?,8-,9?/m0/s1. The van der Waals surface area contributed by atoms with Gasteiger partial charge in [0.25, 0.3) is 0 Å². The number of hydrogen-bond donors (Lipinski definition) is 3. The molecule has 5 heteroatoms. The lowest BCUT2D eigenvalue weighted by Gasteiger charge is -2.07. The highest BCUT2D eigenvalue weighted by atomic mass is 16.3. The van der Waals surface area contributed by atoms with Crippen molar-refractivity contribution in [3.8, 4) is 0 Å². The van der Waals surface area contributed by atoms with E-state index in [4.69, 9.17) is 5.11 Å². The summed E-state index contributed by atoms with van der Waals surface area (Å²) in [6.07, 6.45) is 0.686. The lowest BCUT2D eigenvalue weighted by atomic mass is 10.3. The third-order valence-electron chi connectivity index (χ3n) is 2.69. The van der Waals surface area contributed by atoms with Crippen LogP contribution in [0.15, 0.2) is 0 Å². The van der Waals surface area contributed by atoms with Crippen molar-refractivity contribution in [3.63, 3.8) is 0 Å². The van der Waals surface area contributed by atoms with E-state index in [1.54, 1.807) is 6.92 Å². The summed E-state index contributed by atoms with van der Waals surface area (Å²) in [5, 5.41) is 14.2. The topological polar surface area (TPSA) is 78.4 Å². The Morgan fingerprint density at radius 1 is 1.44 bits per heavy atom. The lowest BCUT2D eigenvalue weighted by Crippen LogP contribution is -2.34. The molecule has 2 unspecified atom stereocenters. The Kier molecular flexibility index (Phi) is 4.73. The van der Waals surface area contributed by atoms with Crippen LogP contribution in [-0.2, 0) is 9.59 Å². The second-order valence-corrected chi connectivity index (χ2v) is 4.51. The first-order valence-electron chi connectivity index (χ1n) is 5.73. The first-order valence-corrected chi connectivity index (χ1v) is 5.73. The number of hydrogen-bond acceptors (Lipinski definition) is 3. The molecule has 1 aliphatic rings. The predicted octanol–water partition coefficient (Wildman–Crippen LogP) is -0.354. The number of carbonyl (C=O) groups is 2. The first-order chi connectivity index (χ1) is 7.50. The van der Waals surface area contributed by atoms with Crippen LogP contribution in [0.5, 0.6) is 0 Å². The minimum Gasteiger partial charge on any atom is -0.392 e. The second kappa shape index (κ2) is 5.84. The van der Waals surface area contributed by atoms with Gasteiger partial charge in [0, 0.05) is 25.4 Å². The smallest absolute Gasteiger partial charge is 0.223 e. The van der Waals surface area contributed by atoms with Crippen molar-refractivity contribution in [1.82, 2.24) is 10.6 Å². The van der Waals surface area contributed by atoms with Crippen LogP contribution in [0.1, 0.15) is 26.7 Å². The summed E-state index contributed by atoms with van der Waals surface area (Å²) in [6, 6.07) is 0. The van der Waals surface area contributed by atoms with Gasteiger partial charge in [-0.2, -0.15) is 0 Å². The van der Waals surface area contributed by atoms with Gasteiger partial charge in [0.1, 0.15) is 0 Å². The Morgan fingerprint density at radius 2 is 2.06 bits per heavy atom. The zero-order valence-corrected chi connectivity index (χ0v) is 9.82. The molecule has 5 nitrogen and oxygen atoms in total. The van der Waals surface area contributed by atoms with Crippen LogP contribution in [0.4, 0.5) is 0 Å². The normalized spacial score (nSPS) is 24.7. The fourth-order valence-corrected chi connectivity index (χ4v) is 1.47. The summed E-state index contributed by atoms with van der Waals surface area (Å²) in [6.45, 7) is 4.27. The van der Waals surface area contributed by atoms with Gasteiger partial charge in [-0.25, -0.2) is 0 Å². The molecule has 0 aliphatic heterocycles. The number of rotatable bonds is 6. The van der Waals surface area contributed by atoms with Crippen LogP contribution in [0.25, 0.3) is 0 Å². The van der Waals surface area contributed by atoms with E-state index in [0.717, 1.165) is 6.42 Å². The molecule has 3 atom stereocenters. The van der Waals surface area contributed by atoms with Crippen LogP contribution in [-0.4, -0.2) is 36.1 Å². The molecule has 1 rings (SSSR count). The third-order valence-corrected chi connectivity index (χ3v) is 2.69. The largest absolute Gasteiger partial charge is 0.392 e. The Hall–Kier alpha value is -1.10. The van der Waals surface area contributed by atoms with Gasteiger partial charge in [-0.05, 0) is 19.3 Å². The molecule has 0 saturated heterocycles. The molecule has 0 aromatic carbocycles. The van der Waals surface area contributed by atoms with E-state index in [1.165, 1.54) is 0 Å². The Labute approximate surface area is 95.6 Å². The average Bonchev–Trinajstić information content (AvgIpc) is 2.92. The molecule has 1 fully saturated rings. The Morgan fingerprint density at radius 3 is 2.56 bits per heavy atom. The minimum atomic E-state index is -0.536. The number of aliphatic hydroxyl groups is 1. The maximum Gasteiger partial charge on any atom is 0.223 e. The molecule has 2 amide bonds. The molecule has 1 saturated carbocycles. The predicted molar refractivity (Wildman–Crippen MR) is 59.6 cm³/mol. The van der Waals surface area contributed by atoms with E-state index in [0.29, 0.717) is 12.5 Å². The molecule has 92 valence electrons. The van der Waals surface area contributed by atoms with Gasteiger partial charge >= 0.3 is 0 Å². The number of aliphatic hydroxyl groups excluding tert-OH is 1. The summed E-state index contributed by atoms with van der Waals surface area (Å²) in [4.78, 5) is 22.6.